The monoisotopic (exact) mass is 460 g/mol. The first-order valence-electron chi connectivity index (χ1n) is 12.0. The largest absolute Gasteiger partial charge is 0.486 e. The molecule has 1 saturated heterocycles. The van der Waals surface area contributed by atoms with Crippen molar-refractivity contribution in [2.45, 2.75) is 32.7 Å². The Kier molecular flexibility index (Phi) is 5.51. The van der Waals surface area contributed by atoms with Crippen LogP contribution in [-0.4, -0.2) is 36.2 Å². The maximum Gasteiger partial charge on any atom is 0.161 e. The zero-order valence-corrected chi connectivity index (χ0v) is 19.8. The molecule has 0 amide bonds. The molecule has 2 atom stereocenters. The lowest BCUT2D eigenvalue weighted by molar-refractivity contribution is 0.171. The molecule has 2 fully saturated rings. The van der Waals surface area contributed by atoms with Crippen molar-refractivity contribution in [1.82, 2.24) is 9.88 Å². The van der Waals surface area contributed by atoms with E-state index in [1.165, 1.54) is 37.9 Å². The number of halogens is 1. The van der Waals surface area contributed by atoms with Crippen molar-refractivity contribution in [3.05, 3.63) is 64.8 Å². The summed E-state index contributed by atoms with van der Waals surface area (Å²) in [6.45, 7) is 6.76. The van der Waals surface area contributed by atoms with Gasteiger partial charge in [-0.05, 0) is 60.9 Å². The number of hydrogen-bond donors (Lipinski definition) is 0. The Morgan fingerprint density at radius 3 is 2.48 bits per heavy atom. The summed E-state index contributed by atoms with van der Waals surface area (Å²) < 4.78 is 11.4. The first-order chi connectivity index (χ1) is 16.2. The molecule has 170 valence electrons. The number of nitrogens with zero attached hydrogens (tertiary/aromatic N) is 2. The lowest BCUT2D eigenvalue weighted by atomic mass is 10.00. The van der Waals surface area contributed by atoms with Gasteiger partial charge in [0.2, 0.25) is 0 Å². The molecule has 5 heteroatoms. The van der Waals surface area contributed by atoms with Gasteiger partial charge in [0.15, 0.2) is 11.5 Å². The molecule has 0 bridgehead atoms. The Hall–Kier alpha value is -2.56. The van der Waals surface area contributed by atoms with Gasteiger partial charge in [-0.25, -0.2) is 0 Å². The van der Waals surface area contributed by atoms with Gasteiger partial charge in [-0.15, -0.1) is 0 Å². The quantitative estimate of drug-likeness (QED) is 0.452. The van der Waals surface area contributed by atoms with E-state index in [-0.39, 0.29) is 0 Å². The van der Waals surface area contributed by atoms with Crippen LogP contribution in [0.1, 0.15) is 30.5 Å². The second-order valence-electron chi connectivity index (χ2n) is 9.61. The fourth-order valence-corrected chi connectivity index (χ4v) is 6.10. The Bertz CT molecular complexity index is 1180. The predicted molar refractivity (Wildman–Crippen MR) is 132 cm³/mol. The van der Waals surface area contributed by atoms with Gasteiger partial charge in [-0.3, -0.25) is 9.88 Å². The molecule has 2 aliphatic heterocycles. The molecule has 4 nitrogen and oxygen atoms in total. The third kappa shape index (κ3) is 4.00. The summed E-state index contributed by atoms with van der Waals surface area (Å²) in [5.41, 5.74) is 6.26. The van der Waals surface area contributed by atoms with E-state index >= 15 is 0 Å². The summed E-state index contributed by atoms with van der Waals surface area (Å²) >= 11 is 6.92. The first kappa shape index (κ1) is 21.0. The van der Waals surface area contributed by atoms with Crippen LogP contribution in [-0.2, 0) is 6.54 Å². The molecule has 2 unspecified atom stereocenters. The van der Waals surface area contributed by atoms with E-state index in [1.807, 2.05) is 36.4 Å². The van der Waals surface area contributed by atoms with Crippen LogP contribution in [0.2, 0.25) is 5.02 Å². The number of hydrogen-bond acceptors (Lipinski definition) is 4. The molecule has 0 spiro atoms. The van der Waals surface area contributed by atoms with Crippen LogP contribution in [0, 0.1) is 18.8 Å². The molecule has 0 radical (unpaired) electrons. The second-order valence-corrected chi connectivity index (χ2v) is 9.99. The Labute approximate surface area is 200 Å². The van der Waals surface area contributed by atoms with E-state index < -0.39 is 0 Å². The lowest BCUT2D eigenvalue weighted by Gasteiger charge is -2.20. The highest BCUT2D eigenvalue weighted by Gasteiger charge is 2.35. The maximum atomic E-state index is 6.92. The molecule has 33 heavy (non-hydrogen) atoms. The lowest BCUT2D eigenvalue weighted by Crippen LogP contribution is -2.21. The van der Waals surface area contributed by atoms with E-state index in [0.29, 0.717) is 18.2 Å². The molecule has 1 saturated carbocycles. The van der Waals surface area contributed by atoms with Crippen molar-refractivity contribution in [3.8, 4) is 33.9 Å². The van der Waals surface area contributed by atoms with Gasteiger partial charge >= 0.3 is 0 Å². The minimum Gasteiger partial charge on any atom is -0.486 e. The zero-order valence-electron chi connectivity index (χ0n) is 19.0. The van der Waals surface area contributed by atoms with Gasteiger partial charge < -0.3 is 9.47 Å². The second kappa shape index (κ2) is 8.66. The van der Waals surface area contributed by atoms with Crippen LogP contribution in [0.15, 0.2) is 48.5 Å². The van der Waals surface area contributed by atoms with Crippen molar-refractivity contribution in [2.24, 2.45) is 11.8 Å². The van der Waals surface area contributed by atoms with Gasteiger partial charge in [-0.2, -0.15) is 0 Å². The summed E-state index contributed by atoms with van der Waals surface area (Å²) in [4.78, 5) is 7.59. The summed E-state index contributed by atoms with van der Waals surface area (Å²) in [5, 5.41) is 0.709. The van der Waals surface area contributed by atoms with Gasteiger partial charge in [0, 0.05) is 36.5 Å². The standard InChI is InChI=1S/C28H29ClN2O2/c1-18-20(15-31-16-21-4-2-5-22(21)17-31)8-10-25(30-18)24-7-3-6-23(28(24)29)19-9-11-26-27(14-19)33-13-12-32-26/h3,6-11,14,21-22H,2,4-5,12-13,15-17H2,1H3. The number of rotatable bonds is 4. The SMILES string of the molecule is Cc1nc(-c2cccc(-c3ccc4c(c3)OCCO4)c2Cl)ccc1CN1CC2CCCC2C1. The van der Waals surface area contributed by atoms with Gasteiger partial charge in [0.1, 0.15) is 13.2 Å². The number of pyridine rings is 1. The molecule has 1 aromatic heterocycles. The Morgan fingerprint density at radius 1 is 0.939 bits per heavy atom. The molecular formula is C28H29ClN2O2. The minimum atomic E-state index is 0.568. The van der Waals surface area contributed by atoms with Crippen molar-refractivity contribution in [2.75, 3.05) is 26.3 Å². The van der Waals surface area contributed by atoms with Crippen LogP contribution < -0.4 is 9.47 Å². The molecule has 3 aliphatic rings. The van der Waals surface area contributed by atoms with Crippen LogP contribution >= 0.6 is 11.6 Å². The normalized spacial score (nSPS) is 21.9. The smallest absolute Gasteiger partial charge is 0.161 e. The predicted octanol–water partition coefficient (Wildman–Crippen LogP) is 6.38. The van der Waals surface area contributed by atoms with Crippen molar-refractivity contribution in [1.29, 1.82) is 0 Å². The number of aromatic nitrogens is 1. The van der Waals surface area contributed by atoms with E-state index in [2.05, 4.69) is 24.0 Å². The highest BCUT2D eigenvalue weighted by molar-refractivity contribution is 6.36. The minimum absolute atomic E-state index is 0.568. The molecule has 2 aromatic carbocycles. The van der Waals surface area contributed by atoms with Crippen LogP contribution in [0.4, 0.5) is 0 Å². The third-order valence-electron chi connectivity index (χ3n) is 7.52. The summed E-state index contributed by atoms with van der Waals surface area (Å²) in [7, 11) is 0. The number of likely N-dealkylation sites (tertiary alicyclic amines) is 1. The van der Waals surface area contributed by atoms with Gasteiger partial charge in [-0.1, -0.05) is 48.4 Å². The van der Waals surface area contributed by atoms with E-state index in [9.17, 15) is 0 Å². The van der Waals surface area contributed by atoms with E-state index in [1.54, 1.807) is 0 Å². The maximum absolute atomic E-state index is 6.92. The number of benzene rings is 2. The number of fused-ring (bicyclic) bond motifs is 2. The van der Waals surface area contributed by atoms with Crippen LogP contribution in [0.25, 0.3) is 22.4 Å². The molecule has 0 N–H and O–H groups in total. The highest BCUT2D eigenvalue weighted by Crippen LogP contribution is 2.41. The van der Waals surface area contributed by atoms with Crippen molar-refractivity contribution < 1.29 is 9.47 Å². The average molecular weight is 461 g/mol. The fourth-order valence-electron chi connectivity index (χ4n) is 5.77. The molecule has 3 heterocycles. The van der Waals surface area contributed by atoms with Gasteiger partial charge in [0.05, 0.1) is 10.7 Å². The van der Waals surface area contributed by atoms with Crippen LogP contribution in [0.3, 0.4) is 0 Å². The van der Waals surface area contributed by atoms with E-state index in [0.717, 1.165) is 58.0 Å². The average Bonchev–Trinajstić information content (AvgIpc) is 3.42. The summed E-state index contributed by atoms with van der Waals surface area (Å²) in [6.07, 6.45) is 4.25. The van der Waals surface area contributed by atoms with Crippen molar-refractivity contribution >= 4 is 11.6 Å². The zero-order chi connectivity index (χ0) is 22.4. The summed E-state index contributed by atoms with van der Waals surface area (Å²) in [6, 6.07) is 16.5. The highest BCUT2D eigenvalue weighted by atomic mass is 35.5. The molecule has 6 rings (SSSR count). The Balaban J connectivity index is 1.26. The number of aryl methyl sites for hydroxylation is 1. The van der Waals surface area contributed by atoms with Gasteiger partial charge in [0.25, 0.3) is 0 Å². The van der Waals surface area contributed by atoms with Crippen molar-refractivity contribution in [3.63, 3.8) is 0 Å². The van der Waals surface area contributed by atoms with E-state index in [4.69, 9.17) is 26.1 Å². The fraction of sp³-hybridized carbons (Fsp3) is 0.393. The first-order valence-corrected chi connectivity index (χ1v) is 12.4. The third-order valence-corrected chi connectivity index (χ3v) is 7.93. The number of ether oxygens (including phenoxy) is 2. The van der Waals surface area contributed by atoms with Crippen LogP contribution in [0.5, 0.6) is 11.5 Å². The molecular weight excluding hydrogens is 432 g/mol. The molecule has 3 aromatic rings. The summed E-state index contributed by atoms with van der Waals surface area (Å²) in [5.74, 6) is 3.38. The molecule has 1 aliphatic carbocycles. The Morgan fingerprint density at radius 2 is 1.70 bits per heavy atom. The topological polar surface area (TPSA) is 34.6 Å².